The number of hydrogen-bond acceptors (Lipinski definition) is 4. The molecule has 0 unspecified atom stereocenters. The normalized spacial score (nSPS) is 15.0. The van der Waals surface area contributed by atoms with Crippen molar-refractivity contribution in [2.75, 3.05) is 52.4 Å². The topological polar surface area (TPSA) is 61.6 Å². The fourth-order valence-electron chi connectivity index (χ4n) is 2.55. The maximum Gasteiger partial charge on any atom is 0.220 e. The van der Waals surface area contributed by atoms with Gasteiger partial charge in [-0.2, -0.15) is 0 Å². The summed E-state index contributed by atoms with van der Waals surface area (Å²) < 4.78 is 0. The van der Waals surface area contributed by atoms with Crippen LogP contribution in [0.4, 0.5) is 0 Å². The number of unbranched alkanes of at least 4 members (excludes halogenated alkanes) is 3. The van der Waals surface area contributed by atoms with Gasteiger partial charge in [0.25, 0.3) is 0 Å². The summed E-state index contributed by atoms with van der Waals surface area (Å²) in [6.07, 6.45) is 4.98. The number of amides is 1. The van der Waals surface area contributed by atoms with Crippen LogP contribution in [0, 0.1) is 0 Å². The van der Waals surface area contributed by atoms with Crippen LogP contribution in [0.5, 0.6) is 0 Å². The van der Waals surface area contributed by atoms with Crippen molar-refractivity contribution in [3.63, 3.8) is 0 Å². The molecule has 0 spiro atoms. The quantitative estimate of drug-likeness (QED) is 0.557. The zero-order valence-corrected chi connectivity index (χ0v) is 16.7. The van der Waals surface area contributed by atoms with Gasteiger partial charge in [0.15, 0.2) is 0 Å². The summed E-state index contributed by atoms with van der Waals surface area (Å²) in [7, 11) is 0. The molecule has 142 valence electrons. The van der Waals surface area contributed by atoms with Crippen LogP contribution in [0.3, 0.4) is 0 Å². The highest BCUT2D eigenvalue weighted by Crippen LogP contribution is 2.02. The Labute approximate surface area is 160 Å². The second-order valence-electron chi connectivity index (χ2n) is 5.58. The predicted molar refractivity (Wildman–Crippen MR) is 105 cm³/mol. The summed E-state index contributed by atoms with van der Waals surface area (Å²) in [4.78, 5) is 16.6. The number of carbonyl (C=O) groups excluding carboxylic acids is 1. The Hall–Kier alpha value is 0.220. The first-order valence-corrected chi connectivity index (χ1v) is 8.17. The first kappa shape index (κ1) is 28.0. The molecule has 0 aliphatic carbocycles. The van der Waals surface area contributed by atoms with Gasteiger partial charge in [0.05, 0.1) is 0 Å². The average Bonchev–Trinajstić information content (AvgIpc) is 2.48. The standard InChI is InChI=1S/C15H32N4O.3ClH/c1-2-18-11-13-19(14-12-18)10-9-17-15(20)7-5-3-4-6-8-16;;;/h2-14,16H2,1H3,(H,17,20);3*1H. The summed E-state index contributed by atoms with van der Waals surface area (Å²) >= 11 is 0. The van der Waals surface area contributed by atoms with E-state index in [0.717, 1.165) is 78.0 Å². The number of piperazine rings is 1. The lowest BCUT2D eigenvalue weighted by Crippen LogP contribution is -2.48. The number of rotatable bonds is 10. The second-order valence-corrected chi connectivity index (χ2v) is 5.58. The van der Waals surface area contributed by atoms with Crippen molar-refractivity contribution in [3.8, 4) is 0 Å². The van der Waals surface area contributed by atoms with Crippen LogP contribution in [0.2, 0.25) is 0 Å². The fraction of sp³-hybridized carbons (Fsp3) is 0.933. The predicted octanol–water partition coefficient (Wildman–Crippen LogP) is 1.91. The molecule has 0 aromatic heterocycles. The number of nitrogens with two attached hydrogens (primary N) is 1. The Morgan fingerprint density at radius 1 is 0.957 bits per heavy atom. The Morgan fingerprint density at radius 2 is 1.52 bits per heavy atom. The van der Waals surface area contributed by atoms with Crippen LogP contribution >= 0.6 is 37.2 Å². The number of nitrogens with zero attached hydrogens (tertiary/aromatic N) is 2. The van der Waals surface area contributed by atoms with Gasteiger partial charge in [0.2, 0.25) is 5.91 Å². The molecular formula is C15H35Cl3N4O. The molecule has 23 heavy (non-hydrogen) atoms. The minimum absolute atomic E-state index is 0. The summed E-state index contributed by atoms with van der Waals surface area (Å²) in [6, 6.07) is 0. The van der Waals surface area contributed by atoms with E-state index >= 15 is 0 Å². The molecule has 5 nitrogen and oxygen atoms in total. The molecule has 1 heterocycles. The van der Waals surface area contributed by atoms with Gasteiger partial charge in [0, 0.05) is 45.7 Å². The van der Waals surface area contributed by atoms with Crippen LogP contribution in [0.1, 0.15) is 39.0 Å². The van der Waals surface area contributed by atoms with Gasteiger partial charge in [-0.3, -0.25) is 9.69 Å². The van der Waals surface area contributed by atoms with Gasteiger partial charge in [-0.25, -0.2) is 0 Å². The molecule has 1 fully saturated rings. The average molecular weight is 394 g/mol. The van der Waals surface area contributed by atoms with E-state index < -0.39 is 0 Å². The van der Waals surface area contributed by atoms with E-state index in [9.17, 15) is 4.79 Å². The molecule has 0 radical (unpaired) electrons. The van der Waals surface area contributed by atoms with Gasteiger partial charge in [-0.1, -0.05) is 19.8 Å². The smallest absolute Gasteiger partial charge is 0.220 e. The minimum atomic E-state index is 0. The molecule has 0 atom stereocenters. The lowest BCUT2D eigenvalue weighted by Gasteiger charge is -2.33. The first-order chi connectivity index (χ1) is 9.76. The largest absolute Gasteiger partial charge is 0.355 e. The lowest BCUT2D eigenvalue weighted by molar-refractivity contribution is -0.121. The van der Waals surface area contributed by atoms with E-state index in [2.05, 4.69) is 22.0 Å². The van der Waals surface area contributed by atoms with Gasteiger partial charge >= 0.3 is 0 Å². The molecule has 0 saturated carbocycles. The highest BCUT2D eigenvalue weighted by molar-refractivity contribution is 5.86. The number of hydrogen-bond donors (Lipinski definition) is 2. The number of carbonyl (C=O) groups is 1. The van der Waals surface area contributed by atoms with Crippen molar-refractivity contribution in [3.05, 3.63) is 0 Å². The van der Waals surface area contributed by atoms with Crippen LogP contribution in [-0.2, 0) is 4.79 Å². The molecule has 1 amide bonds. The number of likely N-dealkylation sites (N-methyl/N-ethyl adjacent to an activating group) is 1. The molecule has 1 saturated heterocycles. The Bertz CT molecular complexity index is 265. The van der Waals surface area contributed by atoms with Crippen LogP contribution in [-0.4, -0.2) is 68.1 Å². The first-order valence-electron chi connectivity index (χ1n) is 8.17. The summed E-state index contributed by atoms with van der Waals surface area (Å²) in [5.41, 5.74) is 5.44. The Balaban J connectivity index is -0.00000133. The SMILES string of the molecule is CCN1CCN(CCNC(=O)CCCCCCN)CC1.Cl.Cl.Cl. The van der Waals surface area contributed by atoms with Crippen molar-refractivity contribution in [2.24, 2.45) is 5.73 Å². The fourth-order valence-corrected chi connectivity index (χ4v) is 2.55. The second kappa shape index (κ2) is 18.6. The molecule has 1 rings (SSSR count). The van der Waals surface area contributed by atoms with E-state index in [1.54, 1.807) is 0 Å². The highest BCUT2D eigenvalue weighted by atomic mass is 35.5. The minimum Gasteiger partial charge on any atom is -0.355 e. The zero-order valence-electron chi connectivity index (χ0n) is 14.3. The molecule has 1 aliphatic rings. The molecule has 1 aliphatic heterocycles. The van der Waals surface area contributed by atoms with Crippen molar-refractivity contribution in [1.82, 2.24) is 15.1 Å². The van der Waals surface area contributed by atoms with Gasteiger partial charge in [-0.05, 0) is 25.9 Å². The van der Waals surface area contributed by atoms with E-state index in [4.69, 9.17) is 5.73 Å². The maximum absolute atomic E-state index is 11.7. The van der Waals surface area contributed by atoms with E-state index in [0.29, 0.717) is 6.42 Å². The van der Waals surface area contributed by atoms with Crippen molar-refractivity contribution in [1.29, 1.82) is 0 Å². The third-order valence-corrected chi connectivity index (χ3v) is 4.02. The third-order valence-electron chi connectivity index (χ3n) is 4.02. The number of halogens is 3. The third kappa shape index (κ3) is 14.3. The van der Waals surface area contributed by atoms with Crippen molar-refractivity contribution in [2.45, 2.75) is 39.0 Å². The number of nitrogens with one attached hydrogen (secondary N) is 1. The molecule has 3 N–H and O–H groups in total. The summed E-state index contributed by atoms with van der Waals surface area (Å²) in [5, 5.41) is 3.03. The van der Waals surface area contributed by atoms with Crippen molar-refractivity contribution < 1.29 is 4.79 Å². The van der Waals surface area contributed by atoms with Crippen LogP contribution in [0.25, 0.3) is 0 Å². The highest BCUT2D eigenvalue weighted by Gasteiger charge is 2.14. The molecule has 0 aromatic rings. The summed E-state index contributed by atoms with van der Waals surface area (Å²) in [6.45, 7) is 10.5. The zero-order chi connectivity index (χ0) is 14.6. The monoisotopic (exact) mass is 392 g/mol. The van der Waals surface area contributed by atoms with E-state index in [1.807, 2.05) is 0 Å². The maximum atomic E-state index is 11.7. The van der Waals surface area contributed by atoms with E-state index in [1.165, 1.54) is 0 Å². The Morgan fingerprint density at radius 3 is 2.09 bits per heavy atom. The molecular weight excluding hydrogens is 359 g/mol. The summed E-state index contributed by atoms with van der Waals surface area (Å²) in [5.74, 6) is 0.199. The van der Waals surface area contributed by atoms with Gasteiger partial charge in [-0.15, -0.1) is 37.2 Å². The molecule has 0 bridgehead atoms. The van der Waals surface area contributed by atoms with E-state index in [-0.39, 0.29) is 43.1 Å². The lowest BCUT2D eigenvalue weighted by atomic mass is 10.1. The van der Waals surface area contributed by atoms with Gasteiger partial charge < -0.3 is 16.0 Å². The molecule has 8 heteroatoms. The van der Waals surface area contributed by atoms with Gasteiger partial charge in [0.1, 0.15) is 0 Å². The molecule has 0 aromatic carbocycles. The van der Waals surface area contributed by atoms with Crippen molar-refractivity contribution >= 4 is 43.1 Å². The Kier molecular flexibility index (Phi) is 22.6. The van der Waals surface area contributed by atoms with Crippen LogP contribution in [0.15, 0.2) is 0 Å². The van der Waals surface area contributed by atoms with Crippen LogP contribution < -0.4 is 11.1 Å².